The van der Waals surface area contributed by atoms with E-state index in [1.165, 1.54) is 25.7 Å². The standard InChI is InChI=1S/C72H117NO18/c1-3-5-7-9-11-13-15-17-18-19-20-21-22-23-24-25-26-27-28-29-30-31-32-33-34-35-36-38-40-42-44-46-48-50-60(78)73-55(56(77)49-47-45-43-41-39-37-16-14-12-10-8-6-4-2)54-86-70-66(84)63(81)68(58(52-75)88-70)91-72-67(85)64(82)69(59(53-76)89-72)90-71-65(83)62(80)61(79)57(51-74)87-71/h5,7,11-14,17-18,20-21,23-24,26-27,29-30,32-33,39,41,47,49,55-59,61-72,74-77,79-85H,3-4,6,8-10,15-16,19,22,25,28,31,34-38,40,42-46,48,50-54H2,1-2H3,(H,73,78)/b7-5-,13-11-,14-12+,18-17-,21-20-,24-23-,27-26-,30-29-,33-32-,41-39+,49-47+. The third-order valence-corrected chi connectivity index (χ3v) is 15.9. The van der Waals surface area contributed by atoms with Crippen LogP contribution in [0.1, 0.15) is 181 Å². The molecule has 91 heavy (non-hydrogen) atoms. The predicted molar refractivity (Wildman–Crippen MR) is 355 cm³/mol. The third kappa shape index (κ3) is 34.3. The molecule has 3 aliphatic rings. The molecular weight excluding hydrogens is 1170 g/mol. The van der Waals surface area contributed by atoms with E-state index < -0.39 is 124 Å². The SMILES string of the molecule is CC/C=C\C/C=C\C/C=C\C/C=C\C/C=C\C/C=C\C/C=C\C/C=C\CCCCCCCCCCC(=O)NC(COC1OC(CO)C(OC2OC(CO)C(OC3OC(CO)C(O)C(O)C3O)C(O)C2O)C(O)C1O)C(O)/C=C/CC/C=C/CC/C=C/CCCCC. The maximum absolute atomic E-state index is 13.4. The number of rotatable bonds is 49. The number of aliphatic hydroxyl groups excluding tert-OH is 11. The van der Waals surface area contributed by atoms with Crippen LogP contribution in [0.15, 0.2) is 134 Å². The summed E-state index contributed by atoms with van der Waals surface area (Å²) in [5.74, 6) is -0.307. The molecule has 3 saturated heterocycles. The first-order chi connectivity index (χ1) is 44.3. The van der Waals surface area contributed by atoms with Gasteiger partial charge in [-0.25, -0.2) is 0 Å². The molecule has 17 unspecified atom stereocenters. The lowest BCUT2D eigenvalue weighted by Gasteiger charge is -2.48. The van der Waals surface area contributed by atoms with Crippen LogP contribution in [0.25, 0.3) is 0 Å². The highest BCUT2D eigenvalue weighted by atomic mass is 16.8. The lowest BCUT2D eigenvalue weighted by Crippen LogP contribution is -2.66. The van der Waals surface area contributed by atoms with Crippen LogP contribution >= 0.6 is 0 Å². The van der Waals surface area contributed by atoms with Crippen LogP contribution in [-0.4, -0.2) is 193 Å². The quantitative estimate of drug-likeness (QED) is 0.0200. The Labute approximate surface area is 543 Å². The Kier molecular flexibility index (Phi) is 46.6. The fraction of sp³-hybridized carbons (Fsp3) is 0.681. The fourth-order valence-electron chi connectivity index (χ4n) is 10.4. The van der Waals surface area contributed by atoms with E-state index in [9.17, 15) is 61.0 Å². The molecule has 0 aromatic rings. The first kappa shape index (κ1) is 81.2. The van der Waals surface area contributed by atoms with Crippen molar-refractivity contribution in [1.29, 1.82) is 0 Å². The van der Waals surface area contributed by atoms with E-state index in [4.69, 9.17) is 28.4 Å². The number of carbonyl (C=O) groups excluding carboxylic acids is 1. The van der Waals surface area contributed by atoms with Crippen molar-refractivity contribution in [2.24, 2.45) is 0 Å². The van der Waals surface area contributed by atoms with Crippen molar-refractivity contribution in [3.8, 4) is 0 Å². The zero-order valence-electron chi connectivity index (χ0n) is 54.5. The summed E-state index contributed by atoms with van der Waals surface area (Å²) >= 11 is 0. The highest BCUT2D eigenvalue weighted by Crippen LogP contribution is 2.33. The van der Waals surface area contributed by atoms with E-state index in [1.807, 2.05) is 6.08 Å². The van der Waals surface area contributed by atoms with Crippen molar-refractivity contribution in [2.45, 2.75) is 285 Å². The van der Waals surface area contributed by atoms with Crippen LogP contribution in [0.5, 0.6) is 0 Å². The van der Waals surface area contributed by atoms with Crippen molar-refractivity contribution < 1.29 is 89.4 Å². The monoisotopic (exact) mass is 1280 g/mol. The van der Waals surface area contributed by atoms with Crippen LogP contribution in [0.2, 0.25) is 0 Å². The number of hydrogen-bond donors (Lipinski definition) is 12. The molecule has 0 bridgehead atoms. The van der Waals surface area contributed by atoms with Crippen LogP contribution in [-0.2, 0) is 33.2 Å². The van der Waals surface area contributed by atoms with E-state index in [2.05, 4.69) is 141 Å². The van der Waals surface area contributed by atoms with Crippen LogP contribution < -0.4 is 5.32 Å². The van der Waals surface area contributed by atoms with Crippen LogP contribution in [0, 0.1) is 0 Å². The van der Waals surface area contributed by atoms with Crippen molar-refractivity contribution in [3.63, 3.8) is 0 Å². The topological polar surface area (TPSA) is 307 Å². The van der Waals surface area contributed by atoms with Gasteiger partial charge in [0.25, 0.3) is 0 Å². The smallest absolute Gasteiger partial charge is 0.220 e. The molecule has 12 N–H and O–H groups in total. The van der Waals surface area contributed by atoms with Gasteiger partial charge in [-0.3, -0.25) is 4.79 Å². The molecule has 0 saturated carbocycles. The van der Waals surface area contributed by atoms with Gasteiger partial charge in [-0.2, -0.15) is 0 Å². The van der Waals surface area contributed by atoms with Gasteiger partial charge in [-0.15, -0.1) is 0 Å². The molecule has 0 aromatic heterocycles. The molecule has 3 aliphatic heterocycles. The number of nitrogens with one attached hydrogen (secondary N) is 1. The molecule has 0 spiro atoms. The summed E-state index contributed by atoms with van der Waals surface area (Å²) in [6.07, 6.45) is 45.8. The molecule has 17 atom stereocenters. The molecule has 1 amide bonds. The van der Waals surface area contributed by atoms with Crippen molar-refractivity contribution in [3.05, 3.63) is 134 Å². The Hall–Kier alpha value is -4.07. The van der Waals surface area contributed by atoms with Gasteiger partial charge < -0.3 is 89.9 Å². The third-order valence-electron chi connectivity index (χ3n) is 15.9. The highest BCUT2D eigenvalue weighted by molar-refractivity contribution is 5.76. The van der Waals surface area contributed by atoms with Gasteiger partial charge in [0.2, 0.25) is 5.91 Å². The van der Waals surface area contributed by atoms with E-state index in [0.29, 0.717) is 12.8 Å². The van der Waals surface area contributed by atoms with Gasteiger partial charge in [-0.05, 0) is 109 Å². The second-order valence-corrected chi connectivity index (χ2v) is 23.5. The maximum atomic E-state index is 13.4. The van der Waals surface area contributed by atoms with E-state index in [-0.39, 0.29) is 18.9 Å². The summed E-state index contributed by atoms with van der Waals surface area (Å²) < 4.78 is 34.2. The Bertz CT molecular complexity index is 2170. The summed E-state index contributed by atoms with van der Waals surface area (Å²) in [4.78, 5) is 13.4. The van der Waals surface area contributed by atoms with Gasteiger partial charge in [-0.1, -0.05) is 199 Å². The van der Waals surface area contributed by atoms with Gasteiger partial charge in [0.1, 0.15) is 73.2 Å². The number of hydrogen-bond acceptors (Lipinski definition) is 18. The average Bonchev–Trinajstić information content (AvgIpc) is 0.871. The lowest BCUT2D eigenvalue weighted by atomic mass is 9.96. The predicted octanol–water partition coefficient (Wildman–Crippen LogP) is 8.60. The van der Waals surface area contributed by atoms with E-state index in [0.717, 1.165) is 122 Å². The summed E-state index contributed by atoms with van der Waals surface area (Å²) in [5.41, 5.74) is 0. The Balaban J connectivity index is 1.40. The number of unbranched alkanes of at least 4 members (excludes halogenated alkanes) is 13. The molecule has 3 heterocycles. The Morgan fingerprint density at radius 3 is 1.23 bits per heavy atom. The number of allylic oxidation sites excluding steroid dienone is 21. The summed E-state index contributed by atoms with van der Waals surface area (Å²) in [6.45, 7) is 1.51. The van der Waals surface area contributed by atoms with Gasteiger partial charge in [0.05, 0.1) is 38.6 Å². The zero-order valence-corrected chi connectivity index (χ0v) is 54.5. The molecule has 3 rings (SSSR count). The van der Waals surface area contributed by atoms with Crippen LogP contribution in [0.4, 0.5) is 0 Å². The molecule has 0 aromatic carbocycles. The Morgan fingerprint density at radius 1 is 0.407 bits per heavy atom. The maximum Gasteiger partial charge on any atom is 0.220 e. The van der Waals surface area contributed by atoms with Gasteiger partial charge in [0, 0.05) is 6.42 Å². The number of aliphatic hydroxyl groups is 11. The summed E-state index contributed by atoms with van der Waals surface area (Å²) in [5, 5.41) is 120. The molecule has 19 nitrogen and oxygen atoms in total. The summed E-state index contributed by atoms with van der Waals surface area (Å²) in [6, 6.07) is -1.01. The number of carbonyl (C=O) groups is 1. The summed E-state index contributed by atoms with van der Waals surface area (Å²) in [7, 11) is 0. The van der Waals surface area contributed by atoms with Gasteiger partial charge >= 0.3 is 0 Å². The molecule has 3 fully saturated rings. The minimum Gasteiger partial charge on any atom is -0.394 e. The fourth-order valence-corrected chi connectivity index (χ4v) is 10.4. The largest absolute Gasteiger partial charge is 0.394 e. The first-order valence-corrected chi connectivity index (χ1v) is 33.9. The van der Waals surface area contributed by atoms with Crippen molar-refractivity contribution in [2.75, 3.05) is 26.4 Å². The Morgan fingerprint density at radius 2 is 0.769 bits per heavy atom. The highest BCUT2D eigenvalue weighted by Gasteiger charge is 2.53. The molecule has 19 heteroatoms. The van der Waals surface area contributed by atoms with Crippen molar-refractivity contribution in [1.82, 2.24) is 5.32 Å². The zero-order chi connectivity index (χ0) is 66.1. The minimum atomic E-state index is -1.99. The average molecular weight is 1280 g/mol. The minimum absolute atomic E-state index is 0.212. The second-order valence-electron chi connectivity index (χ2n) is 23.5. The number of ether oxygens (including phenoxy) is 6. The molecule has 518 valence electrons. The van der Waals surface area contributed by atoms with Crippen LogP contribution in [0.3, 0.4) is 0 Å². The second kappa shape index (κ2) is 52.2. The van der Waals surface area contributed by atoms with E-state index in [1.54, 1.807) is 6.08 Å². The molecular formula is C72H117NO18. The first-order valence-electron chi connectivity index (χ1n) is 33.9. The lowest BCUT2D eigenvalue weighted by molar-refractivity contribution is -0.379. The van der Waals surface area contributed by atoms with E-state index >= 15 is 0 Å². The van der Waals surface area contributed by atoms with Gasteiger partial charge in [0.15, 0.2) is 18.9 Å². The molecule has 0 aliphatic carbocycles. The normalized spacial score (nSPS) is 28.7. The number of amides is 1. The van der Waals surface area contributed by atoms with Crippen molar-refractivity contribution >= 4 is 5.91 Å². The molecule has 0 radical (unpaired) electrons.